The Bertz CT molecular complexity index is 474. The summed E-state index contributed by atoms with van der Waals surface area (Å²) in [6.07, 6.45) is 2.84. The van der Waals surface area contributed by atoms with Gasteiger partial charge in [0.1, 0.15) is 18.3 Å². The maximum Gasteiger partial charge on any atom is 0.407 e. The highest BCUT2D eigenvalue weighted by Gasteiger charge is 2.45. The van der Waals surface area contributed by atoms with Gasteiger partial charge in [0, 0.05) is 5.57 Å². The third kappa shape index (κ3) is 6.15. The highest BCUT2D eigenvalue weighted by Crippen LogP contribution is 2.39. The fraction of sp³-hybridized carbons (Fsp3) is 0.778. The van der Waals surface area contributed by atoms with Crippen LogP contribution in [-0.4, -0.2) is 42.5 Å². The van der Waals surface area contributed by atoms with E-state index in [4.69, 9.17) is 14.2 Å². The van der Waals surface area contributed by atoms with Crippen LogP contribution in [0, 0.1) is 0 Å². The summed E-state index contributed by atoms with van der Waals surface area (Å²) in [4.78, 5) is 23.1. The molecule has 1 saturated heterocycles. The minimum absolute atomic E-state index is 0.0833. The highest BCUT2D eigenvalue weighted by atomic mass is 16.6. The van der Waals surface area contributed by atoms with E-state index < -0.39 is 17.7 Å². The molecule has 0 aliphatic carbocycles. The molecule has 0 aromatic heterocycles. The lowest BCUT2D eigenvalue weighted by Crippen LogP contribution is -2.54. The van der Waals surface area contributed by atoms with Crippen molar-refractivity contribution < 1.29 is 23.8 Å². The van der Waals surface area contributed by atoms with Crippen LogP contribution in [0.25, 0.3) is 0 Å². The van der Waals surface area contributed by atoms with E-state index in [2.05, 4.69) is 25.7 Å². The molecule has 0 aromatic rings. The fourth-order valence-electron chi connectivity index (χ4n) is 3.03. The van der Waals surface area contributed by atoms with Crippen molar-refractivity contribution in [1.29, 1.82) is 0 Å². The second kappa shape index (κ2) is 8.51. The lowest BCUT2D eigenvalue weighted by molar-refractivity contribution is -0.215. The van der Waals surface area contributed by atoms with E-state index in [9.17, 15) is 9.59 Å². The monoisotopic (exact) mass is 341 g/mol. The molecule has 0 spiro atoms. The van der Waals surface area contributed by atoms with Gasteiger partial charge >= 0.3 is 12.1 Å². The van der Waals surface area contributed by atoms with Crippen LogP contribution in [0.5, 0.6) is 0 Å². The summed E-state index contributed by atoms with van der Waals surface area (Å²) in [5, 5.41) is 2.58. The molecule has 6 heteroatoms. The molecule has 2 atom stereocenters. The number of carbonyl (C=O) groups is 2. The van der Waals surface area contributed by atoms with E-state index >= 15 is 0 Å². The highest BCUT2D eigenvalue weighted by molar-refractivity contribution is 5.86. The molecule has 0 saturated carbocycles. The van der Waals surface area contributed by atoms with Crippen molar-refractivity contribution in [2.45, 2.75) is 77.6 Å². The van der Waals surface area contributed by atoms with E-state index in [1.54, 1.807) is 6.92 Å². The number of hydrogen-bond donors (Lipinski definition) is 1. The average Bonchev–Trinajstić information content (AvgIpc) is 2.46. The van der Waals surface area contributed by atoms with Gasteiger partial charge in [0.15, 0.2) is 0 Å². The van der Waals surface area contributed by atoms with Gasteiger partial charge in [-0.1, -0.05) is 19.9 Å². The molecule has 2 unspecified atom stereocenters. The first-order valence-corrected chi connectivity index (χ1v) is 8.57. The predicted octanol–water partition coefficient (Wildman–Crippen LogP) is 3.35. The molecule has 1 heterocycles. The summed E-state index contributed by atoms with van der Waals surface area (Å²) in [6.45, 7) is 13.5. The number of alkyl carbamates (subject to hydrolysis) is 1. The maximum absolute atomic E-state index is 11.9. The number of ether oxygens (including phenoxy) is 3. The van der Waals surface area contributed by atoms with E-state index in [0.717, 1.165) is 25.7 Å². The second-order valence-electron chi connectivity index (χ2n) is 7.18. The lowest BCUT2D eigenvalue weighted by Gasteiger charge is -2.47. The van der Waals surface area contributed by atoms with Gasteiger partial charge in [0.2, 0.25) is 0 Å². The van der Waals surface area contributed by atoms with Gasteiger partial charge in [-0.2, -0.15) is 0 Å². The predicted molar refractivity (Wildman–Crippen MR) is 91.8 cm³/mol. The van der Waals surface area contributed by atoms with Gasteiger partial charge in [0.05, 0.1) is 12.1 Å². The lowest BCUT2D eigenvalue weighted by atomic mass is 9.83. The maximum atomic E-state index is 11.9. The van der Waals surface area contributed by atoms with Crippen molar-refractivity contribution in [3.05, 3.63) is 12.2 Å². The van der Waals surface area contributed by atoms with Crippen LogP contribution in [0.4, 0.5) is 4.79 Å². The zero-order chi connectivity index (χ0) is 18.4. The van der Waals surface area contributed by atoms with Crippen LogP contribution in [0.1, 0.15) is 60.3 Å². The third-order valence-corrected chi connectivity index (χ3v) is 4.20. The Labute approximate surface area is 144 Å². The first-order chi connectivity index (χ1) is 11.1. The largest absolute Gasteiger partial charge is 0.460 e. The van der Waals surface area contributed by atoms with Crippen molar-refractivity contribution in [1.82, 2.24) is 5.32 Å². The van der Waals surface area contributed by atoms with Crippen molar-refractivity contribution in [3.63, 3.8) is 0 Å². The second-order valence-corrected chi connectivity index (χ2v) is 7.18. The number of amides is 1. The van der Waals surface area contributed by atoms with Crippen LogP contribution >= 0.6 is 0 Å². The summed E-state index contributed by atoms with van der Waals surface area (Å²) in [7, 11) is 0. The van der Waals surface area contributed by atoms with Crippen molar-refractivity contribution in [3.8, 4) is 0 Å². The zero-order valence-corrected chi connectivity index (χ0v) is 15.6. The molecule has 0 bridgehead atoms. The number of rotatable bonds is 7. The quantitative estimate of drug-likeness (QED) is 0.437. The van der Waals surface area contributed by atoms with Crippen LogP contribution in [0.3, 0.4) is 0 Å². The zero-order valence-electron chi connectivity index (χ0n) is 15.6. The van der Waals surface area contributed by atoms with Crippen molar-refractivity contribution >= 4 is 12.1 Å². The minimum atomic E-state index is -0.536. The number of esters is 1. The summed E-state index contributed by atoms with van der Waals surface area (Å²) in [5.41, 5.74) is -0.370. The Morgan fingerprint density at radius 3 is 2.54 bits per heavy atom. The SMILES string of the molecule is C=C(C)C(=O)OCCNC(=O)OC1CCC(C)(CCC)OC1(C)C. The van der Waals surface area contributed by atoms with Gasteiger partial charge in [-0.3, -0.25) is 0 Å². The van der Waals surface area contributed by atoms with Gasteiger partial charge in [-0.25, -0.2) is 9.59 Å². The molecule has 1 fully saturated rings. The molecule has 24 heavy (non-hydrogen) atoms. The average molecular weight is 341 g/mol. The summed E-state index contributed by atoms with van der Waals surface area (Å²) in [6, 6.07) is 0. The van der Waals surface area contributed by atoms with E-state index in [0.29, 0.717) is 5.57 Å². The van der Waals surface area contributed by atoms with Crippen LogP contribution < -0.4 is 5.32 Å². The fourth-order valence-corrected chi connectivity index (χ4v) is 3.03. The molecule has 0 aromatic carbocycles. The molecular weight excluding hydrogens is 310 g/mol. The molecule has 1 aliphatic heterocycles. The topological polar surface area (TPSA) is 73.9 Å². The van der Waals surface area contributed by atoms with Crippen LogP contribution in [0.15, 0.2) is 12.2 Å². The Kier molecular flexibility index (Phi) is 7.27. The van der Waals surface area contributed by atoms with Crippen LogP contribution in [0.2, 0.25) is 0 Å². The standard InChI is InChI=1S/C18H31NO5/c1-7-9-18(6)10-8-14(17(4,5)24-18)23-16(21)19-11-12-22-15(20)13(2)3/h14H,2,7-12H2,1,3-6H3,(H,19,21). The number of carbonyl (C=O) groups excluding carboxylic acids is 2. The molecule has 6 nitrogen and oxygen atoms in total. The molecule has 1 N–H and O–H groups in total. The molecule has 1 aliphatic rings. The molecular formula is C18H31NO5. The smallest absolute Gasteiger partial charge is 0.407 e. The van der Waals surface area contributed by atoms with E-state index in [1.807, 2.05) is 13.8 Å². The first-order valence-electron chi connectivity index (χ1n) is 8.57. The summed E-state index contributed by atoms with van der Waals surface area (Å²) < 4.78 is 16.6. The van der Waals surface area contributed by atoms with Gasteiger partial charge in [0.25, 0.3) is 0 Å². The Morgan fingerprint density at radius 1 is 1.33 bits per heavy atom. The molecule has 0 radical (unpaired) electrons. The van der Waals surface area contributed by atoms with Crippen molar-refractivity contribution in [2.75, 3.05) is 13.2 Å². The molecule has 1 rings (SSSR count). The Hall–Kier alpha value is -1.56. The Balaban J connectivity index is 2.39. The van der Waals surface area contributed by atoms with E-state index in [-0.39, 0.29) is 24.9 Å². The normalized spacial score (nSPS) is 25.6. The third-order valence-electron chi connectivity index (χ3n) is 4.20. The molecule has 1 amide bonds. The van der Waals surface area contributed by atoms with Crippen LogP contribution in [-0.2, 0) is 19.0 Å². The summed E-state index contributed by atoms with van der Waals surface area (Å²) in [5.74, 6) is -0.470. The number of hydrogen-bond acceptors (Lipinski definition) is 5. The molecule has 138 valence electrons. The first kappa shape index (κ1) is 20.5. The van der Waals surface area contributed by atoms with Crippen molar-refractivity contribution in [2.24, 2.45) is 0 Å². The number of nitrogens with one attached hydrogen (secondary N) is 1. The summed E-state index contributed by atoms with van der Waals surface area (Å²) >= 11 is 0. The van der Waals surface area contributed by atoms with E-state index in [1.165, 1.54) is 0 Å². The van der Waals surface area contributed by atoms with Gasteiger partial charge < -0.3 is 19.5 Å². The Morgan fingerprint density at radius 2 is 2.00 bits per heavy atom. The minimum Gasteiger partial charge on any atom is -0.460 e. The van der Waals surface area contributed by atoms with Gasteiger partial charge in [-0.05, 0) is 47.0 Å². The van der Waals surface area contributed by atoms with Gasteiger partial charge in [-0.15, -0.1) is 0 Å².